The standard InChI is InChI=1S/C24H27N3O3/c1-15-7-6-10-21(16(15)2)25-23(28)22-19-8-4-5-9-20(19)24(29)27(26-22)17-11-13-18(30-3)14-12-17/h4-5,8-9,11-16,21H,6-7,10H2,1-3H3,(H,25,28)/t15-,16+,21+/m0/s1. The normalized spacial score (nSPS) is 21.4. The summed E-state index contributed by atoms with van der Waals surface area (Å²) in [6, 6.07) is 14.3. The number of nitrogens with zero attached hydrogens (tertiary/aromatic N) is 2. The molecule has 0 aliphatic heterocycles. The first kappa shape index (κ1) is 20.1. The highest BCUT2D eigenvalue weighted by atomic mass is 16.5. The number of hydrogen-bond acceptors (Lipinski definition) is 4. The molecular weight excluding hydrogens is 378 g/mol. The number of ether oxygens (including phenoxy) is 1. The lowest BCUT2D eigenvalue weighted by Gasteiger charge is -2.34. The maximum absolute atomic E-state index is 13.3. The van der Waals surface area contributed by atoms with Crippen LogP contribution in [0, 0.1) is 11.8 Å². The lowest BCUT2D eigenvalue weighted by atomic mass is 9.78. The topological polar surface area (TPSA) is 73.2 Å². The molecule has 1 fully saturated rings. The Hall–Kier alpha value is -3.15. The number of nitrogens with one attached hydrogen (secondary N) is 1. The minimum absolute atomic E-state index is 0.114. The fraction of sp³-hybridized carbons (Fsp3) is 0.375. The summed E-state index contributed by atoms with van der Waals surface area (Å²) >= 11 is 0. The van der Waals surface area contributed by atoms with E-state index in [1.807, 2.05) is 6.07 Å². The number of rotatable bonds is 4. The first-order chi connectivity index (χ1) is 14.5. The number of benzene rings is 2. The molecule has 1 saturated carbocycles. The molecule has 6 heteroatoms. The SMILES string of the molecule is COc1ccc(-n2nc(C(=O)N[C@@H]3CCC[C@H](C)[C@H]3C)c3ccccc3c2=O)cc1. The molecule has 3 atom stereocenters. The lowest BCUT2D eigenvalue weighted by molar-refractivity contribution is 0.0886. The Morgan fingerprint density at radius 1 is 1.07 bits per heavy atom. The van der Waals surface area contributed by atoms with Gasteiger partial charge in [0.05, 0.1) is 18.2 Å². The Labute approximate surface area is 175 Å². The van der Waals surface area contributed by atoms with E-state index in [1.165, 1.54) is 11.1 Å². The Kier molecular flexibility index (Phi) is 5.57. The number of hydrogen-bond donors (Lipinski definition) is 1. The third-order valence-corrected chi connectivity index (χ3v) is 6.36. The van der Waals surface area contributed by atoms with Crippen molar-refractivity contribution in [3.05, 3.63) is 64.6 Å². The van der Waals surface area contributed by atoms with Crippen LogP contribution in [0.4, 0.5) is 0 Å². The van der Waals surface area contributed by atoms with Crippen molar-refractivity contribution in [2.24, 2.45) is 11.8 Å². The molecule has 1 aliphatic rings. The zero-order valence-electron chi connectivity index (χ0n) is 17.6. The van der Waals surface area contributed by atoms with E-state index in [2.05, 4.69) is 24.3 Å². The molecule has 4 rings (SSSR count). The van der Waals surface area contributed by atoms with Gasteiger partial charge in [-0.05, 0) is 48.6 Å². The monoisotopic (exact) mass is 405 g/mol. The number of carbonyl (C=O) groups excluding carboxylic acids is 1. The van der Waals surface area contributed by atoms with Gasteiger partial charge in [-0.2, -0.15) is 9.78 Å². The zero-order chi connectivity index (χ0) is 21.3. The minimum Gasteiger partial charge on any atom is -0.497 e. The molecule has 0 saturated heterocycles. The van der Waals surface area contributed by atoms with Crippen molar-refractivity contribution in [2.45, 2.75) is 39.2 Å². The van der Waals surface area contributed by atoms with E-state index in [4.69, 9.17) is 4.74 Å². The van der Waals surface area contributed by atoms with Crippen molar-refractivity contribution < 1.29 is 9.53 Å². The van der Waals surface area contributed by atoms with E-state index in [0.717, 1.165) is 12.8 Å². The molecule has 1 N–H and O–H groups in total. The third-order valence-electron chi connectivity index (χ3n) is 6.36. The van der Waals surface area contributed by atoms with Crippen molar-refractivity contribution in [1.29, 1.82) is 0 Å². The largest absolute Gasteiger partial charge is 0.497 e. The number of carbonyl (C=O) groups is 1. The van der Waals surface area contributed by atoms with E-state index in [-0.39, 0.29) is 23.2 Å². The summed E-state index contributed by atoms with van der Waals surface area (Å²) in [5.74, 6) is 1.42. The summed E-state index contributed by atoms with van der Waals surface area (Å²) in [7, 11) is 1.59. The van der Waals surface area contributed by atoms with Gasteiger partial charge in [0, 0.05) is 11.4 Å². The summed E-state index contributed by atoms with van der Waals surface area (Å²) in [5, 5.41) is 8.72. The molecular formula is C24H27N3O3. The highest BCUT2D eigenvalue weighted by Gasteiger charge is 2.29. The molecule has 1 heterocycles. The van der Waals surface area contributed by atoms with Crippen LogP contribution < -0.4 is 15.6 Å². The molecule has 2 aromatic carbocycles. The van der Waals surface area contributed by atoms with Crippen LogP contribution in [0.25, 0.3) is 16.5 Å². The van der Waals surface area contributed by atoms with Gasteiger partial charge in [-0.25, -0.2) is 0 Å². The van der Waals surface area contributed by atoms with Crippen molar-refractivity contribution in [3.8, 4) is 11.4 Å². The molecule has 156 valence electrons. The number of amides is 1. The number of methoxy groups -OCH3 is 1. The van der Waals surface area contributed by atoms with Crippen LogP contribution >= 0.6 is 0 Å². The van der Waals surface area contributed by atoms with Gasteiger partial charge in [0.2, 0.25) is 0 Å². The van der Waals surface area contributed by atoms with E-state index in [0.29, 0.717) is 34.0 Å². The van der Waals surface area contributed by atoms with Gasteiger partial charge in [0.25, 0.3) is 11.5 Å². The second kappa shape index (κ2) is 8.30. The number of aromatic nitrogens is 2. The molecule has 0 unspecified atom stereocenters. The molecule has 6 nitrogen and oxygen atoms in total. The van der Waals surface area contributed by atoms with Crippen LogP contribution in [-0.4, -0.2) is 28.8 Å². The molecule has 1 aromatic heterocycles. The fourth-order valence-electron chi connectivity index (χ4n) is 4.28. The van der Waals surface area contributed by atoms with Crippen molar-refractivity contribution >= 4 is 16.7 Å². The van der Waals surface area contributed by atoms with Crippen molar-refractivity contribution in [3.63, 3.8) is 0 Å². The average molecular weight is 405 g/mol. The Bertz CT molecular complexity index is 1120. The third kappa shape index (κ3) is 3.70. The lowest BCUT2D eigenvalue weighted by Crippen LogP contribution is -2.44. The van der Waals surface area contributed by atoms with Gasteiger partial charge in [0.1, 0.15) is 5.75 Å². The van der Waals surface area contributed by atoms with Crippen LogP contribution in [0.1, 0.15) is 43.6 Å². The first-order valence-corrected chi connectivity index (χ1v) is 10.5. The van der Waals surface area contributed by atoms with Crippen LogP contribution in [0.2, 0.25) is 0 Å². The predicted octanol–water partition coefficient (Wildman–Crippen LogP) is 3.95. The summed E-state index contributed by atoms with van der Waals surface area (Å²) < 4.78 is 6.49. The molecule has 1 aliphatic carbocycles. The smallest absolute Gasteiger partial charge is 0.279 e. The van der Waals surface area contributed by atoms with Gasteiger partial charge in [-0.1, -0.05) is 44.9 Å². The van der Waals surface area contributed by atoms with Crippen molar-refractivity contribution in [1.82, 2.24) is 15.1 Å². The quantitative estimate of drug-likeness (QED) is 0.713. The van der Waals surface area contributed by atoms with Crippen LogP contribution in [0.3, 0.4) is 0 Å². The van der Waals surface area contributed by atoms with E-state index in [1.54, 1.807) is 49.6 Å². The predicted molar refractivity (Wildman–Crippen MR) is 117 cm³/mol. The summed E-state index contributed by atoms with van der Waals surface area (Å²) in [4.78, 5) is 26.3. The van der Waals surface area contributed by atoms with Gasteiger partial charge >= 0.3 is 0 Å². The molecule has 0 spiro atoms. The van der Waals surface area contributed by atoms with E-state index < -0.39 is 0 Å². The summed E-state index contributed by atoms with van der Waals surface area (Å²) in [6.45, 7) is 4.43. The second-order valence-electron chi connectivity index (χ2n) is 8.16. The highest BCUT2D eigenvalue weighted by molar-refractivity contribution is 6.05. The van der Waals surface area contributed by atoms with E-state index >= 15 is 0 Å². The molecule has 3 aromatic rings. The Morgan fingerprint density at radius 3 is 2.47 bits per heavy atom. The number of fused-ring (bicyclic) bond motifs is 1. The van der Waals surface area contributed by atoms with Crippen LogP contribution in [0.5, 0.6) is 5.75 Å². The Balaban J connectivity index is 1.77. The Morgan fingerprint density at radius 2 is 1.77 bits per heavy atom. The second-order valence-corrected chi connectivity index (χ2v) is 8.16. The highest BCUT2D eigenvalue weighted by Crippen LogP contribution is 2.30. The summed E-state index contributed by atoms with van der Waals surface area (Å²) in [6.07, 6.45) is 3.26. The molecule has 0 radical (unpaired) electrons. The maximum Gasteiger partial charge on any atom is 0.279 e. The van der Waals surface area contributed by atoms with E-state index in [9.17, 15) is 9.59 Å². The van der Waals surface area contributed by atoms with Crippen LogP contribution in [0.15, 0.2) is 53.3 Å². The van der Waals surface area contributed by atoms with Gasteiger partial charge < -0.3 is 10.1 Å². The van der Waals surface area contributed by atoms with Crippen LogP contribution in [-0.2, 0) is 0 Å². The fourth-order valence-corrected chi connectivity index (χ4v) is 4.28. The average Bonchev–Trinajstić information content (AvgIpc) is 2.77. The van der Waals surface area contributed by atoms with Gasteiger partial charge in [-0.15, -0.1) is 0 Å². The zero-order valence-corrected chi connectivity index (χ0v) is 17.6. The molecule has 30 heavy (non-hydrogen) atoms. The van der Waals surface area contributed by atoms with Crippen molar-refractivity contribution in [2.75, 3.05) is 7.11 Å². The first-order valence-electron chi connectivity index (χ1n) is 10.5. The minimum atomic E-state index is -0.257. The summed E-state index contributed by atoms with van der Waals surface area (Å²) in [5.41, 5.74) is 0.596. The molecule has 1 amide bonds. The van der Waals surface area contributed by atoms with Gasteiger partial charge in [0.15, 0.2) is 5.69 Å². The maximum atomic E-state index is 13.3. The van der Waals surface area contributed by atoms with Gasteiger partial charge in [-0.3, -0.25) is 9.59 Å². The molecule has 0 bridgehead atoms.